The fourth-order valence-corrected chi connectivity index (χ4v) is 3.92. The first-order valence-corrected chi connectivity index (χ1v) is 11.3. The van der Waals surface area contributed by atoms with Crippen LogP contribution in [0.3, 0.4) is 0 Å². The van der Waals surface area contributed by atoms with Crippen LogP contribution in [0.4, 0.5) is 0 Å². The van der Waals surface area contributed by atoms with Crippen molar-refractivity contribution >= 4 is 23.2 Å². The lowest BCUT2D eigenvalue weighted by Crippen LogP contribution is -2.13. The van der Waals surface area contributed by atoms with E-state index in [4.69, 9.17) is 37.4 Å². The summed E-state index contributed by atoms with van der Waals surface area (Å²) < 4.78 is 17.5. The summed E-state index contributed by atoms with van der Waals surface area (Å²) in [5.41, 5.74) is 4.00. The lowest BCUT2D eigenvalue weighted by Gasteiger charge is -2.27. The Morgan fingerprint density at radius 3 is 1.00 bits per heavy atom. The second kappa shape index (κ2) is 10.8. The summed E-state index contributed by atoms with van der Waals surface area (Å²) in [6.45, 7) is 0. The van der Waals surface area contributed by atoms with Gasteiger partial charge in [-0.05, 0) is 70.8 Å². The number of ether oxygens (including phenoxy) is 3. The van der Waals surface area contributed by atoms with Gasteiger partial charge in [0.05, 0.1) is 14.2 Å². The van der Waals surface area contributed by atoms with Crippen LogP contribution >= 0.6 is 23.2 Å². The largest absolute Gasteiger partial charge is 0.497 e. The van der Waals surface area contributed by atoms with Gasteiger partial charge in [0.1, 0.15) is 23.7 Å². The molecule has 0 spiro atoms. The third-order valence-electron chi connectivity index (χ3n) is 5.45. The molecule has 0 aliphatic carbocycles. The van der Waals surface area contributed by atoms with Gasteiger partial charge in [-0.15, -0.1) is 0 Å². The van der Waals surface area contributed by atoms with E-state index in [9.17, 15) is 0 Å². The molecular weight excluding hydrogens is 455 g/mol. The second-order valence-corrected chi connectivity index (χ2v) is 8.42. The molecule has 168 valence electrons. The van der Waals surface area contributed by atoms with Crippen LogP contribution in [0.5, 0.6) is 11.5 Å². The fraction of sp³-hybridized carbons (Fsp3) is 0.143. The van der Waals surface area contributed by atoms with Crippen molar-refractivity contribution in [1.29, 1.82) is 0 Å². The minimum absolute atomic E-state index is 0.337. The SMILES string of the molecule is COc1ccc(C(OC(c2ccc(Cl)cc2)c2ccc(OC)cc2)c2ccc(Cl)cc2)cc1. The molecule has 2 atom stereocenters. The van der Waals surface area contributed by atoms with Crippen molar-refractivity contribution in [2.24, 2.45) is 0 Å². The van der Waals surface area contributed by atoms with Gasteiger partial charge in [0.2, 0.25) is 0 Å². The van der Waals surface area contributed by atoms with Gasteiger partial charge in [-0.3, -0.25) is 0 Å². The maximum absolute atomic E-state index is 6.85. The van der Waals surface area contributed by atoms with Crippen LogP contribution in [0.1, 0.15) is 34.5 Å². The van der Waals surface area contributed by atoms with Crippen LogP contribution in [-0.2, 0) is 4.74 Å². The molecule has 0 heterocycles. The van der Waals surface area contributed by atoms with Crippen LogP contribution in [0.2, 0.25) is 10.0 Å². The van der Waals surface area contributed by atoms with E-state index in [1.807, 2.05) is 97.1 Å². The Balaban J connectivity index is 1.78. The summed E-state index contributed by atoms with van der Waals surface area (Å²) in [5.74, 6) is 1.58. The van der Waals surface area contributed by atoms with Gasteiger partial charge in [0, 0.05) is 10.0 Å². The molecule has 0 bridgehead atoms. The Morgan fingerprint density at radius 2 is 0.727 bits per heavy atom. The van der Waals surface area contributed by atoms with E-state index in [-0.39, 0.29) is 12.2 Å². The van der Waals surface area contributed by atoms with E-state index in [2.05, 4.69) is 0 Å². The Hall–Kier alpha value is -2.98. The molecule has 0 saturated heterocycles. The standard InChI is InChI=1S/C28H24Cl2O3/c1-31-25-15-7-21(8-16-25)27(19-3-11-23(29)12-4-19)33-28(20-5-13-24(30)14-6-20)22-9-17-26(32-2)18-10-22/h3-18,27-28H,1-2H3. The van der Waals surface area contributed by atoms with E-state index >= 15 is 0 Å². The molecule has 2 unspecified atom stereocenters. The van der Waals surface area contributed by atoms with Gasteiger partial charge >= 0.3 is 0 Å². The minimum Gasteiger partial charge on any atom is -0.497 e. The smallest absolute Gasteiger partial charge is 0.118 e. The van der Waals surface area contributed by atoms with E-state index in [1.54, 1.807) is 14.2 Å². The molecule has 5 heteroatoms. The summed E-state index contributed by atoms with van der Waals surface area (Å²) in [5, 5.41) is 1.35. The molecule has 0 N–H and O–H groups in total. The van der Waals surface area contributed by atoms with Gasteiger partial charge in [-0.25, -0.2) is 0 Å². The molecule has 4 rings (SSSR count). The zero-order valence-electron chi connectivity index (χ0n) is 18.4. The van der Waals surface area contributed by atoms with Crippen LogP contribution in [0.15, 0.2) is 97.1 Å². The van der Waals surface area contributed by atoms with Crippen molar-refractivity contribution in [3.05, 3.63) is 129 Å². The van der Waals surface area contributed by atoms with Gasteiger partial charge in [-0.2, -0.15) is 0 Å². The van der Waals surface area contributed by atoms with Gasteiger partial charge in [0.25, 0.3) is 0 Å². The summed E-state index contributed by atoms with van der Waals surface area (Å²) in [7, 11) is 3.31. The lowest BCUT2D eigenvalue weighted by atomic mass is 9.97. The number of methoxy groups -OCH3 is 2. The predicted octanol–water partition coefficient (Wildman–Crippen LogP) is 7.91. The highest BCUT2D eigenvalue weighted by Gasteiger charge is 2.23. The highest BCUT2D eigenvalue weighted by molar-refractivity contribution is 6.30. The van der Waals surface area contributed by atoms with Crippen molar-refractivity contribution in [1.82, 2.24) is 0 Å². The topological polar surface area (TPSA) is 27.7 Å². The van der Waals surface area contributed by atoms with Crippen molar-refractivity contribution in [3.63, 3.8) is 0 Å². The average molecular weight is 479 g/mol. The predicted molar refractivity (Wildman–Crippen MR) is 134 cm³/mol. The molecule has 0 radical (unpaired) electrons. The van der Waals surface area contributed by atoms with Crippen LogP contribution in [0.25, 0.3) is 0 Å². The molecule has 0 aliphatic rings. The molecule has 3 nitrogen and oxygen atoms in total. The molecule has 0 amide bonds. The number of benzene rings is 4. The summed E-state index contributed by atoms with van der Waals surface area (Å²) >= 11 is 12.3. The van der Waals surface area contributed by atoms with E-state index in [0.717, 1.165) is 33.8 Å². The maximum Gasteiger partial charge on any atom is 0.118 e. The second-order valence-electron chi connectivity index (χ2n) is 7.55. The van der Waals surface area contributed by atoms with Crippen LogP contribution in [0, 0.1) is 0 Å². The zero-order valence-corrected chi connectivity index (χ0v) is 19.9. The van der Waals surface area contributed by atoms with Crippen molar-refractivity contribution in [2.45, 2.75) is 12.2 Å². The van der Waals surface area contributed by atoms with Crippen LogP contribution < -0.4 is 9.47 Å². The van der Waals surface area contributed by atoms with Crippen molar-refractivity contribution in [2.75, 3.05) is 14.2 Å². The highest BCUT2D eigenvalue weighted by atomic mass is 35.5. The van der Waals surface area contributed by atoms with Crippen molar-refractivity contribution in [3.8, 4) is 11.5 Å². The molecule has 33 heavy (non-hydrogen) atoms. The third kappa shape index (κ3) is 5.69. The lowest BCUT2D eigenvalue weighted by molar-refractivity contribution is 0.0308. The first-order valence-electron chi connectivity index (χ1n) is 10.5. The number of hydrogen-bond donors (Lipinski definition) is 0. The Bertz CT molecular complexity index is 1060. The maximum atomic E-state index is 6.85. The molecular formula is C28H24Cl2O3. The normalized spacial score (nSPS) is 12.7. The number of halogens is 2. The van der Waals surface area contributed by atoms with E-state index in [1.165, 1.54) is 0 Å². The first-order chi connectivity index (χ1) is 16.1. The zero-order chi connectivity index (χ0) is 23.2. The summed E-state index contributed by atoms with van der Waals surface area (Å²) in [6.07, 6.45) is -0.674. The quantitative estimate of drug-likeness (QED) is 0.257. The van der Waals surface area contributed by atoms with Gasteiger partial charge in [0.15, 0.2) is 0 Å². The Morgan fingerprint density at radius 1 is 0.455 bits per heavy atom. The summed E-state index contributed by atoms with van der Waals surface area (Å²) in [4.78, 5) is 0. The van der Waals surface area contributed by atoms with E-state index < -0.39 is 0 Å². The molecule has 4 aromatic rings. The number of rotatable bonds is 8. The van der Waals surface area contributed by atoms with Crippen LogP contribution in [-0.4, -0.2) is 14.2 Å². The molecule has 0 fully saturated rings. The minimum atomic E-state index is -0.337. The van der Waals surface area contributed by atoms with Crippen molar-refractivity contribution < 1.29 is 14.2 Å². The highest BCUT2D eigenvalue weighted by Crippen LogP contribution is 2.37. The first kappa shape index (κ1) is 23.2. The summed E-state index contributed by atoms with van der Waals surface area (Å²) in [6, 6.07) is 31.3. The van der Waals surface area contributed by atoms with Gasteiger partial charge in [-0.1, -0.05) is 71.7 Å². The Labute approximate surface area is 204 Å². The monoisotopic (exact) mass is 478 g/mol. The fourth-order valence-electron chi connectivity index (χ4n) is 3.67. The Kier molecular flexibility index (Phi) is 7.56. The van der Waals surface area contributed by atoms with Gasteiger partial charge < -0.3 is 14.2 Å². The molecule has 0 aliphatic heterocycles. The average Bonchev–Trinajstić information content (AvgIpc) is 2.86. The third-order valence-corrected chi connectivity index (χ3v) is 5.96. The molecule has 0 aromatic heterocycles. The number of hydrogen-bond acceptors (Lipinski definition) is 3. The molecule has 0 saturated carbocycles. The van der Waals surface area contributed by atoms with E-state index in [0.29, 0.717) is 10.0 Å². The molecule has 4 aromatic carbocycles.